The number of carbonyl (C=O) groups is 2. The van der Waals surface area contributed by atoms with Gasteiger partial charge in [0.05, 0.1) is 42.6 Å². The van der Waals surface area contributed by atoms with Crippen LogP contribution in [0.4, 0.5) is 0 Å². The standard InChI is InChI=1S/C17H19N5O3/c23-13(22-6-17(7-22)8-25-9-17)5-20-16(24)11-3-18-15-14(11)21-12(4-19-15)10-1-2-10/h3-4,10H,1-2,5-9H2,(H,18,19)(H,20,24). The van der Waals surface area contributed by atoms with E-state index >= 15 is 0 Å². The van der Waals surface area contributed by atoms with E-state index in [0.29, 0.717) is 22.6 Å². The van der Waals surface area contributed by atoms with Crippen molar-refractivity contribution >= 4 is 23.0 Å². The lowest BCUT2D eigenvalue weighted by molar-refractivity contribution is -0.194. The molecular weight excluding hydrogens is 322 g/mol. The molecule has 130 valence electrons. The van der Waals surface area contributed by atoms with Crippen LogP contribution in [0.5, 0.6) is 0 Å². The molecule has 1 spiro atoms. The Hall–Kier alpha value is -2.48. The second kappa shape index (κ2) is 5.26. The zero-order valence-electron chi connectivity index (χ0n) is 13.7. The number of hydrogen-bond acceptors (Lipinski definition) is 5. The first-order valence-corrected chi connectivity index (χ1v) is 8.61. The minimum Gasteiger partial charge on any atom is -0.380 e. The number of hydrogen-bond donors (Lipinski definition) is 2. The number of rotatable bonds is 4. The van der Waals surface area contributed by atoms with Gasteiger partial charge >= 0.3 is 0 Å². The van der Waals surface area contributed by atoms with Crippen LogP contribution >= 0.6 is 0 Å². The third kappa shape index (κ3) is 2.48. The second-order valence-electron chi connectivity index (χ2n) is 7.39. The number of nitrogens with one attached hydrogen (secondary N) is 2. The highest BCUT2D eigenvalue weighted by molar-refractivity contribution is 6.05. The van der Waals surface area contributed by atoms with E-state index in [1.165, 1.54) is 0 Å². The van der Waals surface area contributed by atoms with E-state index < -0.39 is 0 Å². The Balaban J connectivity index is 1.24. The minimum atomic E-state index is -0.302. The predicted octanol–water partition coefficient (Wildman–Crippen LogP) is 0.424. The summed E-state index contributed by atoms with van der Waals surface area (Å²) in [4.78, 5) is 38.3. The Morgan fingerprint density at radius 1 is 1.36 bits per heavy atom. The number of amides is 2. The molecule has 2 aromatic heterocycles. The molecule has 8 nitrogen and oxygen atoms in total. The third-order valence-corrected chi connectivity index (χ3v) is 5.26. The van der Waals surface area contributed by atoms with Gasteiger partial charge in [-0.05, 0) is 12.8 Å². The van der Waals surface area contributed by atoms with E-state index in [9.17, 15) is 9.59 Å². The van der Waals surface area contributed by atoms with Gasteiger partial charge in [0.15, 0.2) is 5.65 Å². The molecule has 1 aliphatic carbocycles. The molecule has 3 fully saturated rings. The molecule has 2 aliphatic heterocycles. The monoisotopic (exact) mass is 341 g/mol. The molecule has 2 N–H and O–H groups in total. The molecule has 4 heterocycles. The van der Waals surface area contributed by atoms with Gasteiger partial charge in [0.2, 0.25) is 5.91 Å². The lowest BCUT2D eigenvalue weighted by Crippen LogP contribution is -2.68. The molecule has 0 unspecified atom stereocenters. The number of carbonyl (C=O) groups excluding carboxylic acids is 2. The highest BCUT2D eigenvalue weighted by atomic mass is 16.5. The van der Waals surface area contributed by atoms with E-state index in [1.807, 2.05) is 0 Å². The van der Waals surface area contributed by atoms with Crippen molar-refractivity contribution in [2.75, 3.05) is 32.8 Å². The summed E-state index contributed by atoms with van der Waals surface area (Å²) >= 11 is 0. The fourth-order valence-electron chi connectivity index (χ4n) is 3.53. The Morgan fingerprint density at radius 3 is 2.84 bits per heavy atom. The number of nitrogens with zero attached hydrogens (tertiary/aromatic N) is 3. The number of H-pyrrole nitrogens is 1. The van der Waals surface area contributed by atoms with Crippen molar-refractivity contribution in [1.82, 2.24) is 25.2 Å². The lowest BCUT2D eigenvalue weighted by atomic mass is 9.78. The normalized spacial score (nSPS) is 21.0. The molecule has 0 bridgehead atoms. The minimum absolute atomic E-state index is 0.00180. The van der Waals surface area contributed by atoms with Crippen molar-refractivity contribution in [3.63, 3.8) is 0 Å². The Morgan fingerprint density at radius 2 is 2.16 bits per heavy atom. The van der Waals surface area contributed by atoms with E-state index in [-0.39, 0.29) is 23.8 Å². The van der Waals surface area contributed by atoms with Gasteiger partial charge in [-0.25, -0.2) is 9.97 Å². The van der Waals surface area contributed by atoms with Crippen molar-refractivity contribution < 1.29 is 14.3 Å². The Labute approximate surface area is 144 Å². The zero-order chi connectivity index (χ0) is 17.0. The van der Waals surface area contributed by atoms with Gasteiger partial charge in [-0.1, -0.05) is 0 Å². The molecule has 8 heteroatoms. The van der Waals surface area contributed by atoms with Crippen LogP contribution in [0.2, 0.25) is 0 Å². The summed E-state index contributed by atoms with van der Waals surface area (Å²) in [6.45, 7) is 2.93. The van der Waals surface area contributed by atoms with Gasteiger partial charge < -0.3 is 19.9 Å². The SMILES string of the molecule is O=C(NCC(=O)N1CC2(COC2)C1)c1c[nH]c2ncc(C3CC3)nc12. The lowest BCUT2D eigenvalue weighted by Gasteiger charge is -2.54. The number of fused-ring (bicyclic) bond motifs is 1. The van der Waals surface area contributed by atoms with Crippen LogP contribution in [0.3, 0.4) is 0 Å². The average Bonchev–Trinajstić information content (AvgIpc) is 3.29. The second-order valence-corrected chi connectivity index (χ2v) is 7.39. The number of likely N-dealkylation sites (tertiary alicyclic amines) is 1. The van der Waals surface area contributed by atoms with Gasteiger partial charge in [0.1, 0.15) is 5.52 Å². The summed E-state index contributed by atoms with van der Waals surface area (Å²) in [6.07, 6.45) is 5.63. The highest BCUT2D eigenvalue weighted by Crippen LogP contribution is 2.39. The summed E-state index contributed by atoms with van der Waals surface area (Å²) in [5.74, 6) is 0.109. The quantitative estimate of drug-likeness (QED) is 0.840. The van der Waals surface area contributed by atoms with Crippen LogP contribution < -0.4 is 5.32 Å². The van der Waals surface area contributed by atoms with Gasteiger partial charge in [-0.3, -0.25) is 9.59 Å². The molecule has 2 saturated heterocycles. The summed E-state index contributed by atoms with van der Waals surface area (Å²) in [5.41, 5.74) is 2.72. The number of aromatic nitrogens is 3. The molecule has 0 aromatic carbocycles. The van der Waals surface area contributed by atoms with Crippen molar-refractivity contribution in [3.8, 4) is 0 Å². The van der Waals surface area contributed by atoms with E-state index in [0.717, 1.165) is 44.8 Å². The Bertz CT molecular complexity index is 860. The maximum atomic E-state index is 12.5. The maximum absolute atomic E-state index is 12.5. The van der Waals surface area contributed by atoms with Crippen LogP contribution in [0.1, 0.15) is 34.8 Å². The predicted molar refractivity (Wildman–Crippen MR) is 88.0 cm³/mol. The van der Waals surface area contributed by atoms with E-state index in [1.54, 1.807) is 17.3 Å². The van der Waals surface area contributed by atoms with Crippen LogP contribution in [0.25, 0.3) is 11.2 Å². The molecule has 0 atom stereocenters. The van der Waals surface area contributed by atoms with Gasteiger partial charge in [0.25, 0.3) is 5.91 Å². The maximum Gasteiger partial charge on any atom is 0.255 e. The molecular formula is C17H19N5O3. The van der Waals surface area contributed by atoms with Crippen molar-refractivity contribution in [3.05, 3.63) is 23.7 Å². The first-order chi connectivity index (χ1) is 12.1. The molecule has 1 saturated carbocycles. The van der Waals surface area contributed by atoms with Crippen molar-refractivity contribution in [2.45, 2.75) is 18.8 Å². The van der Waals surface area contributed by atoms with Crippen LogP contribution in [-0.2, 0) is 9.53 Å². The van der Waals surface area contributed by atoms with Crippen molar-refractivity contribution in [1.29, 1.82) is 0 Å². The molecule has 5 rings (SSSR count). The first kappa shape index (κ1) is 14.8. The Kier molecular flexibility index (Phi) is 3.12. The third-order valence-electron chi connectivity index (χ3n) is 5.26. The summed E-state index contributed by atoms with van der Waals surface area (Å²) in [6, 6.07) is 0. The fraction of sp³-hybridized carbons (Fsp3) is 0.529. The number of aromatic amines is 1. The zero-order valence-corrected chi connectivity index (χ0v) is 13.7. The smallest absolute Gasteiger partial charge is 0.255 e. The van der Waals surface area contributed by atoms with E-state index in [4.69, 9.17) is 4.74 Å². The summed E-state index contributed by atoms with van der Waals surface area (Å²) in [7, 11) is 0. The average molecular weight is 341 g/mol. The van der Waals surface area contributed by atoms with Crippen LogP contribution in [-0.4, -0.2) is 64.5 Å². The topological polar surface area (TPSA) is 100 Å². The van der Waals surface area contributed by atoms with Crippen LogP contribution in [0, 0.1) is 5.41 Å². The highest BCUT2D eigenvalue weighted by Gasteiger charge is 2.50. The molecule has 25 heavy (non-hydrogen) atoms. The molecule has 2 amide bonds. The number of ether oxygens (including phenoxy) is 1. The fourth-order valence-corrected chi connectivity index (χ4v) is 3.53. The summed E-state index contributed by atoms with van der Waals surface area (Å²) < 4.78 is 5.20. The van der Waals surface area contributed by atoms with Gasteiger partial charge in [-0.15, -0.1) is 0 Å². The molecule has 2 aromatic rings. The van der Waals surface area contributed by atoms with E-state index in [2.05, 4.69) is 20.3 Å². The molecule has 0 radical (unpaired) electrons. The first-order valence-electron chi connectivity index (χ1n) is 8.61. The van der Waals surface area contributed by atoms with Gasteiger partial charge in [-0.2, -0.15) is 0 Å². The largest absolute Gasteiger partial charge is 0.380 e. The summed E-state index contributed by atoms with van der Waals surface area (Å²) in [5, 5.41) is 2.70. The van der Waals surface area contributed by atoms with Crippen molar-refractivity contribution in [2.24, 2.45) is 5.41 Å². The van der Waals surface area contributed by atoms with Crippen LogP contribution in [0.15, 0.2) is 12.4 Å². The van der Waals surface area contributed by atoms with Gasteiger partial charge in [0, 0.05) is 25.2 Å². The molecule has 3 aliphatic rings.